The number of piperidine rings is 1. The van der Waals surface area contributed by atoms with Crippen LogP contribution in [0.1, 0.15) is 23.2 Å². The lowest BCUT2D eigenvalue weighted by molar-refractivity contribution is 0.0693. The van der Waals surface area contributed by atoms with Crippen molar-refractivity contribution >= 4 is 5.91 Å². The molecule has 2 heterocycles. The third-order valence-electron chi connectivity index (χ3n) is 2.88. The van der Waals surface area contributed by atoms with Crippen molar-refractivity contribution < 1.29 is 9.18 Å². The van der Waals surface area contributed by atoms with Crippen molar-refractivity contribution in [3.8, 4) is 6.07 Å². The summed E-state index contributed by atoms with van der Waals surface area (Å²) in [4.78, 5) is 17.0. The van der Waals surface area contributed by atoms with Crippen molar-refractivity contribution in [2.75, 3.05) is 13.1 Å². The summed E-state index contributed by atoms with van der Waals surface area (Å²) < 4.78 is 13.4. The first-order chi connectivity index (χ1) is 8.22. The quantitative estimate of drug-likeness (QED) is 0.692. The lowest BCUT2D eigenvalue weighted by Gasteiger charge is -2.29. The Hall–Kier alpha value is -1.96. The van der Waals surface area contributed by atoms with E-state index in [0.29, 0.717) is 13.1 Å². The van der Waals surface area contributed by atoms with Gasteiger partial charge in [0.2, 0.25) is 5.95 Å². The van der Waals surface area contributed by atoms with Crippen molar-refractivity contribution in [1.29, 1.82) is 5.26 Å². The van der Waals surface area contributed by atoms with E-state index in [4.69, 9.17) is 5.26 Å². The van der Waals surface area contributed by atoms with Crippen molar-refractivity contribution in [1.82, 2.24) is 9.88 Å². The van der Waals surface area contributed by atoms with Gasteiger partial charge in [0, 0.05) is 19.3 Å². The zero-order valence-corrected chi connectivity index (χ0v) is 9.27. The molecule has 0 aliphatic carbocycles. The van der Waals surface area contributed by atoms with Crippen LogP contribution in [0.15, 0.2) is 18.3 Å². The summed E-state index contributed by atoms with van der Waals surface area (Å²) in [5.74, 6) is -1.28. The van der Waals surface area contributed by atoms with Gasteiger partial charge in [0.15, 0.2) is 0 Å². The van der Waals surface area contributed by atoms with Crippen LogP contribution in [0, 0.1) is 23.2 Å². The van der Waals surface area contributed by atoms with Gasteiger partial charge in [-0.1, -0.05) is 0 Å². The highest BCUT2D eigenvalue weighted by atomic mass is 19.1. The molecule has 1 aromatic heterocycles. The SMILES string of the molecule is N#CC1CCCN(C(=O)c2cccnc2F)C1. The minimum absolute atomic E-state index is 0.0221. The number of aromatic nitrogens is 1. The standard InChI is InChI=1S/C12H12FN3O/c13-11-10(4-1-5-15-11)12(17)16-6-2-3-9(7-14)8-16/h1,4-5,9H,2-3,6,8H2. The number of carbonyl (C=O) groups excluding carboxylic acids is 1. The molecule has 0 saturated carbocycles. The molecule has 0 aromatic carbocycles. The molecular formula is C12H12FN3O. The molecule has 5 heteroatoms. The van der Waals surface area contributed by atoms with Crippen LogP contribution >= 0.6 is 0 Å². The average Bonchev–Trinajstić information content (AvgIpc) is 2.38. The lowest BCUT2D eigenvalue weighted by Crippen LogP contribution is -2.39. The molecular weight excluding hydrogens is 221 g/mol. The Morgan fingerprint density at radius 3 is 3.18 bits per heavy atom. The Balaban J connectivity index is 2.16. The number of likely N-dealkylation sites (tertiary alicyclic amines) is 1. The molecule has 1 aromatic rings. The second-order valence-electron chi connectivity index (χ2n) is 4.06. The molecule has 17 heavy (non-hydrogen) atoms. The number of hydrogen-bond donors (Lipinski definition) is 0. The van der Waals surface area contributed by atoms with E-state index in [9.17, 15) is 9.18 Å². The summed E-state index contributed by atoms with van der Waals surface area (Å²) in [6, 6.07) is 5.10. The molecule has 1 amide bonds. The van der Waals surface area contributed by atoms with Gasteiger partial charge in [-0.3, -0.25) is 4.79 Å². The smallest absolute Gasteiger partial charge is 0.258 e. The Morgan fingerprint density at radius 2 is 2.47 bits per heavy atom. The third kappa shape index (κ3) is 2.41. The second-order valence-corrected chi connectivity index (χ2v) is 4.06. The number of pyridine rings is 1. The molecule has 0 bridgehead atoms. The highest BCUT2D eigenvalue weighted by Crippen LogP contribution is 2.18. The number of carbonyl (C=O) groups is 1. The van der Waals surface area contributed by atoms with E-state index >= 15 is 0 Å². The van der Waals surface area contributed by atoms with E-state index in [-0.39, 0.29) is 17.4 Å². The molecule has 0 spiro atoms. The number of hydrogen-bond acceptors (Lipinski definition) is 3. The van der Waals surface area contributed by atoms with Gasteiger partial charge in [-0.25, -0.2) is 4.98 Å². The number of rotatable bonds is 1. The summed E-state index contributed by atoms with van der Waals surface area (Å²) in [6.07, 6.45) is 2.89. The van der Waals surface area contributed by atoms with Gasteiger partial charge in [0.25, 0.3) is 5.91 Å². The van der Waals surface area contributed by atoms with Crippen LogP contribution in [0.3, 0.4) is 0 Å². The van der Waals surface area contributed by atoms with Crippen LogP contribution in [0.25, 0.3) is 0 Å². The van der Waals surface area contributed by atoms with E-state index in [0.717, 1.165) is 12.8 Å². The van der Waals surface area contributed by atoms with E-state index in [1.165, 1.54) is 23.2 Å². The lowest BCUT2D eigenvalue weighted by atomic mass is 9.99. The second kappa shape index (κ2) is 4.91. The first-order valence-corrected chi connectivity index (χ1v) is 5.52. The topological polar surface area (TPSA) is 57.0 Å². The monoisotopic (exact) mass is 233 g/mol. The average molecular weight is 233 g/mol. The Morgan fingerprint density at radius 1 is 1.65 bits per heavy atom. The van der Waals surface area contributed by atoms with Crippen molar-refractivity contribution in [2.45, 2.75) is 12.8 Å². The largest absolute Gasteiger partial charge is 0.337 e. The maximum absolute atomic E-state index is 13.4. The Kier molecular flexibility index (Phi) is 3.33. The summed E-state index contributed by atoms with van der Waals surface area (Å²) in [5.41, 5.74) is -0.0221. The van der Waals surface area contributed by atoms with E-state index < -0.39 is 5.95 Å². The fourth-order valence-corrected chi connectivity index (χ4v) is 1.98. The molecule has 1 atom stereocenters. The van der Waals surface area contributed by atoms with Crippen molar-refractivity contribution in [3.05, 3.63) is 29.8 Å². The molecule has 1 fully saturated rings. The van der Waals surface area contributed by atoms with Crippen LogP contribution in [0.2, 0.25) is 0 Å². The minimum atomic E-state index is -0.753. The number of halogens is 1. The number of nitrogens with zero attached hydrogens (tertiary/aromatic N) is 3. The maximum atomic E-state index is 13.4. The van der Waals surface area contributed by atoms with Crippen molar-refractivity contribution in [2.24, 2.45) is 5.92 Å². The molecule has 1 aliphatic heterocycles. The predicted molar refractivity (Wildman–Crippen MR) is 58.4 cm³/mol. The van der Waals surface area contributed by atoms with Gasteiger partial charge in [-0.2, -0.15) is 9.65 Å². The predicted octanol–water partition coefficient (Wildman–Crippen LogP) is 1.60. The summed E-state index contributed by atoms with van der Waals surface area (Å²) in [7, 11) is 0. The zero-order chi connectivity index (χ0) is 12.3. The summed E-state index contributed by atoms with van der Waals surface area (Å²) in [5, 5.41) is 8.84. The van der Waals surface area contributed by atoms with Gasteiger partial charge in [-0.05, 0) is 25.0 Å². The highest BCUT2D eigenvalue weighted by Gasteiger charge is 2.25. The Bertz CT molecular complexity index is 469. The van der Waals surface area contributed by atoms with Gasteiger partial charge in [0.1, 0.15) is 0 Å². The zero-order valence-electron chi connectivity index (χ0n) is 9.27. The van der Waals surface area contributed by atoms with Crippen LogP contribution in [-0.4, -0.2) is 28.9 Å². The van der Waals surface area contributed by atoms with Crippen molar-refractivity contribution in [3.63, 3.8) is 0 Å². The summed E-state index contributed by atoms with van der Waals surface area (Å²) in [6.45, 7) is 0.953. The normalized spacial score (nSPS) is 19.8. The first-order valence-electron chi connectivity index (χ1n) is 5.52. The fraction of sp³-hybridized carbons (Fsp3) is 0.417. The van der Waals surface area contributed by atoms with E-state index in [1.54, 1.807) is 0 Å². The molecule has 2 rings (SSSR count). The molecule has 4 nitrogen and oxygen atoms in total. The molecule has 1 unspecified atom stereocenters. The molecule has 0 radical (unpaired) electrons. The molecule has 1 aliphatic rings. The van der Waals surface area contributed by atoms with Crippen LogP contribution in [0.5, 0.6) is 0 Å². The molecule has 1 saturated heterocycles. The van der Waals surface area contributed by atoms with Crippen LogP contribution < -0.4 is 0 Å². The third-order valence-corrected chi connectivity index (χ3v) is 2.88. The van der Waals surface area contributed by atoms with Crippen LogP contribution in [0.4, 0.5) is 4.39 Å². The van der Waals surface area contributed by atoms with Gasteiger partial charge in [0.05, 0.1) is 17.6 Å². The van der Waals surface area contributed by atoms with Crippen LogP contribution in [-0.2, 0) is 0 Å². The van der Waals surface area contributed by atoms with E-state index in [2.05, 4.69) is 11.1 Å². The van der Waals surface area contributed by atoms with E-state index in [1.807, 2.05) is 0 Å². The minimum Gasteiger partial charge on any atom is -0.337 e. The Labute approximate surface area is 98.7 Å². The molecule has 0 N–H and O–H groups in total. The number of amides is 1. The number of nitriles is 1. The fourth-order valence-electron chi connectivity index (χ4n) is 1.98. The highest BCUT2D eigenvalue weighted by molar-refractivity contribution is 5.94. The summed E-state index contributed by atoms with van der Waals surface area (Å²) >= 11 is 0. The van der Waals surface area contributed by atoms with Gasteiger partial charge < -0.3 is 4.90 Å². The maximum Gasteiger partial charge on any atom is 0.258 e. The molecule has 88 valence electrons. The van der Waals surface area contributed by atoms with Gasteiger partial charge in [-0.15, -0.1) is 0 Å². The first kappa shape index (κ1) is 11.5. The van der Waals surface area contributed by atoms with Gasteiger partial charge >= 0.3 is 0 Å².